The highest BCUT2D eigenvalue weighted by atomic mass is 16.7. The van der Waals surface area contributed by atoms with E-state index in [2.05, 4.69) is 38.3 Å². The molecule has 1 aliphatic rings. The lowest BCUT2D eigenvalue weighted by atomic mass is 9.95. The van der Waals surface area contributed by atoms with Crippen LogP contribution in [0.1, 0.15) is 346 Å². The summed E-state index contributed by atoms with van der Waals surface area (Å²) in [5, 5.41) is 6.17. The van der Waals surface area contributed by atoms with E-state index in [1.165, 1.54) is 167 Å². The highest BCUT2D eigenvalue weighted by molar-refractivity contribution is 5.84. The molecule has 0 unspecified atom stereocenters. The molecule has 2 N–H and O–H groups in total. The van der Waals surface area contributed by atoms with Gasteiger partial charge in [-0.1, -0.05) is 363 Å². The Balaban J connectivity index is 1.68. The van der Waals surface area contributed by atoms with Gasteiger partial charge in [0.1, 0.15) is 31.0 Å². The summed E-state index contributed by atoms with van der Waals surface area (Å²) >= 11 is 0. The van der Waals surface area contributed by atoms with E-state index >= 15 is 4.79 Å². The maximum absolute atomic E-state index is 15.2. The normalized spacial score (nSPS) is 16.6. The molecule has 0 saturated carbocycles. The van der Waals surface area contributed by atoms with E-state index in [0.717, 1.165) is 107 Å². The van der Waals surface area contributed by atoms with Gasteiger partial charge in [0.05, 0.1) is 32.8 Å². The fourth-order valence-electron chi connectivity index (χ4n) is 13.4. The van der Waals surface area contributed by atoms with E-state index in [4.69, 9.17) is 33.2 Å². The molecule has 14 nitrogen and oxygen atoms in total. The fourth-order valence-corrected chi connectivity index (χ4v) is 13.4. The first-order valence-electron chi connectivity index (χ1n) is 40.9. The van der Waals surface area contributed by atoms with Crippen molar-refractivity contribution in [2.45, 2.75) is 392 Å². The van der Waals surface area contributed by atoms with Gasteiger partial charge in [-0.25, -0.2) is 4.79 Å². The van der Waals surface area contributed by atoms with Crippen LogP contribution < -0.4 is 10.6 Å². The number of carbonyl (C=O) groups excluding carboxylic acids is 5. The van der Waals surface area contributed by atoms with E-state index in [0.29, 0.717) is 19.3 Å². The third-order valence-electron chi connectivity index (χ3n) is 19.5. The van der Waals surface area contributed by atoms with Gasteiger partial charge in [0.25, 0.3) is 0 Å². The zero-order valence-corrected chi connectivity index (χ0v) is 63.4. The number of ether oxygens (including phenoxy) is 7. The Morgan fingerprint density at radius 1 is 0.410 bits per heavy atom. The predicted octanol–water partition coefficient (Wildman–Crippen LogP) is 21.5. The van der Waals surface area contributed by atoms with Crippen LogP contribution in [0, 0.1) is 0 Å². The monoisotopic (exact) mass is 1390 g/mol. The Morgan fingerprint density at radius 3 is 1.25 bits per heavy atom. The molecule has 0 spiro atoms. The van der Waals surface area contributed by atoms with E-state index in [-0.39, 0.29) is 64.0 Å². The van der Waals surface area contributed by atoms with Crippen LogP contribution >= 0.6 is 0 Å². The molecule has 566 valence electrons. The molecular formula is C86H140N2O12. The summed E-state index contributed by atoms with van der Waals surface area (Å²) in [5.74, 6) is -2.26. The minimum Gasteiger partial charge on any atom is -0.462 e. The molecule has 3 aromatic rings. The van der Waals surface area contributed by atoms with Crippen LogP contribution in [0.3, 0.4) is 0 Å². The van der Waals surface area contributed by atoms with Gasteiger partial charge < -0.3 is 43.8 Å². The van der Waals surface area contributed by atoms with Crippen LogP contribution in [-0.2, 0) is 77.0 Å². The number of unbranched alkanes of at least 4 members (excludes halogenated alkanes) is 38. The summed E-state index contributed by atoms with van der Waals surface area (Å²) in [6.45, 7) is 8.82. The molecule has 1 heterocycles. The van der Waals surface area contributed by atoms with Crippen LogP contribution in [-0.4, -0.2) is 85.7 Å². The second-order valence-electron chi connectivity index (χ2n) is 28.7. The van der Waals surface area contributed by atoms with Crippen molar-refractivity contribution >= 4 is 29.7 Å². The zero-order valence-electron chi connectivity index (χ0n) is 63.4. The molecule has 0 radical (unpaired) electrons. The van der Waals surface area contributed by atoms with E-state index in [9.17, 15) is 19.2 Å². The largest absolute Gasteiger partial charge is 0.462 e. The standard InChI is InChI=1S/C86H140N2O12/c1-5-9-13-17-21-25-28-32-36-40-53-63-78(89)87-76(85(93)96-69-74-60-50-45-51-61-74)70-97-86-82(88-79(90)66-75(62-52-39-35-31-24-20-16-12-8-4)98-80(91)64-54-41-37-33-29-26-22-18-14-10-6-2)84(100-81(92)65-55-42-38-34-30-27-23-19-15-11-7-3)83(95-68-73-58-48-44-49-59-73)77(99-86)71-94-67-72-56-46-43-47-57-72/h43-51,56-61,75-77,82-84,86H,5-42,52-55,62-71H2,1-4H3,(H,87,89)(H,88,90)/t75-,76+,77-,82-,83-,84-,86-/m1/s1. The van der Waals surface area contributed by atoms with Gasteiger partial charge >= 0.3 is 17.9 Å². The number of benzene rings is 3. The van der Waals surface area contributed by atoms with E-state index in [1.807, 2.05) is 91.0 Å². The van der Waals surface area contributed by atoms with Crippen molar-refractivity contribution in [3.8, 4) is 0 Å². The smallest absolute Gasteiger partial charge is 0.331 e. The second kappa shape index (κ2) is 60.3. The van der Waals surface area contributed by atoms with E-state index < -0.39 is 67.2 Å². The van der Waals surface area contributed by atoms with Crippen LogP contribution in [0.25, 0.3) is 0 Å². The van der Waals surface area contributed by atoms with Crippen molar-refractivity contribution in [1.82, 2.24) is 10.6 Å². The Labute approximate surface area is 607 Å². The minimum absolute atomic E-state index is 0.0321. The third-order valence-corrected chi connectivity index (χ3v) is 19.5. The first-order chi connectivity index (χ1) is 49.1. The number of hydrogen-bond acceptors (Lipinski definition) is 12. The zero-order chi connectivity index (χ0) is 71.4. The number of esters is 3. The molecule has 1 saturated heterocycles. The molecule has 0 aromatic heterocycles. The molecule has 0 bridgehead atoms. The quantitative estimate of drug-likeness (QED) is 0.0311. The Bertz CT molecular complexity index is 2450. The van der Waals surface area contributed by atoms with Gasteiger partial charge in [-0.05, 0) is 48.8 Å². The lowest BCUT2D eigenvalue weighted by molar-refractivity contribution is -0.286. The summed E-state index contributed by atoms with van der Waals surface area (Å²) in [7, 11) is 0. The number of amides is 2. The summed E-state index contributed by atoms with van der Waals surface area (Å²) in [5.41, 5.74) is 2.58. The van der Waals surface area contributed by atoms with Crippen molar-refractivity contribution < 1.29 is 57.1 Å². The van der Waals surface area contributed by atoms with Crippen molar-refractivity contribution in [3.05, 3.63) is 108 Å². The lowest BCUT2D eigenvalue weighted by Gasteiger charge is -2.46. The van der Waals surface area contributed by atoms with Crippen molar-refractivity contribution in [3.63, 3.8) is 0 Å². The number of nitrogens with one attached hydrogen (secondary N) is 2. The summed E-state index contributed by atoms with van der Waals surface area (Å²) < 4.78 is 46.1. The molecular weight excluding hydrogens is 1250 g/mol. The fraction of sp³-hybridized carbons (Fsp3) is 0.733. The maximum atomic E-state index is 15.2. The molecule has 1 aliphatic heterocycles. The highest BCUT2D eigenvalue weighted by Crippen LogP contribution is 2.31. The second-order valence-corrected chi connectivity index (χ2v) is 28.7. The number of carbonyl (C=O) groups is 5. The molecule has 14 heteroatoms. The van der Waals surface area contributed by atoms with Gasteiger partial charge in [-0.2, -0.15) is 0 Å². The van der Waals surface area contributed by atoms with Gasteiger partial charge in [0.15, 0.2) is 18.4 Å². The van der Waals surface area contributed by atoms with Gasteiger partial charge in [0.2, 0.25) is 11.8 Å². The first-order valence-corrected chi connectivity index (χ1v) is 40.9. The number of rotatable bonds is 65. The summed E-state index contributed by atoms with van der Waals surface area (Å²) in [6, 6.07) is 26.4. The van der Waals surface area contributed by atoms with Crippen molar-refractivity contribution in [1.29, 1.82) is 0 Å². The third kappa shape index (κ3) is 43.7. The van der Waals surface area contributed by atoms with Gasteiger partial charge in [-0.15, -0.1) is 0 Å². The molecule has 7 atom stereocenters. The van der Waals surface area contributed by atoms with Crippen LogP contribution in [0.5, 0.6) is 0 Å². The van der Waals surface area contributed by atoms with Crippen molar-refractivity contribution in [2.75, 3.05) is 13.2 Å². The summed E-state index contributed by atoms with van der Waals surface area (Å²) in [6.07, 6.45) is 43.3. The number of hydrogen-bond donors (Lipinski definition) is 2. The average Bonchev–Trinajstić information content (AvgIpc) is 0.785. The van der Waals surface area contributed by atoms with E-state index in [1.54, 1.807) is 0 Å². The van der Waals surface area contributed by atoms with Crippen LogP contribution in [0.2, 0.25) is 0 Å². The summed E-state index contributed by atoms with van der Waals surface area (Å²) in [4.78, 5) is 72.1. The molecule has 1 fully saturated rings. The Morgan fingerprint density at radius 2 is 0.800 bits per heavy atom. The maximum Gasteiger partial charge on any atom is 0.331 e. The predicted molar refractivity (Wildman–Crippen MR) is 405 cm³/mol. The first kappa shape index (κ1) is 87.3. The minimum atomic E-state index is -1.39. The molecule has 4 rings (SSSR count). The SMILES string of the molecule is CCCCCCCCCCCCCC(=O)N[C@@H](CO[C@@H]1O[C@H](COCc2ccccc2)[C@@H](OCc2ccccc2)[C@H](OC(=O)CCCCCCCCCCCCC)[C@H]1NC(=O)C[C@@H](CCCCCCCCCCC)OC(=O)CCCCCCCCCCCCC)C(=O)OCc1ccccc1. The average molecular weight is 1390 g/mol. The molecule has 3 aromatic carbocycles. The lowest BCUT2D eigenvalue weighted by Crippen LogP contribution is -2.67. The Kier molecular flexibility index (Phi) is 52.6. The van der Waals surface area contributed by atoms with Gasteiger partial charge in [0, 0.05) is 19.3 Å². The van der Waals surface area contributed by atoms with Crippen LogP contribution in [0.4, 0.5) is 0 Å². The molecule has 2 amide bonds. The van der Waals surface area contributed by atoms with Crippen LogP contribution in [0.15, 0.2) is 91.0 Å². The van der Waals surface area contributed by atoms with Gasteiger partial charge in [-0.3, -0.25) is 19.2 Å². The van der Waals surface area contributed by atoms with Crippen molar-refractivity contribution in [2.24, 2.45) is 0 Å². The Hall–Kier alpha value is -5.15. The topological polar surface area (TPSA) is 174 Å². The highest BCUT2D eigenvalue weighted by Gasteiger charge is 2.51. The molecule has 0 aliphatic carbocycles. The molecule has 100 heavy (non-hydrogen) atoms.